The molecule has 4 aliphatic rings. The Kier molecular flexibility index (Phi) is 21.0. The first-order valence-corrected chi connectivity index (χ1v) is 30.3. The van der Waals surface area contributed by atoms with Gasteiger partial charge in [-0.25, -0.2) is 0 Å². The van der Waals surface area contributed by atoms with Crippen LogP contribution in [0.3, 0.4) is 0 Å². The van der Waals surface area contributed by atoms with Crippen molar-refractivity contribution in [1.82, 2.24) is 29.8 Å². The van der Waals surface area contributed by atoms with E-state index in [-0.39, 0.29) is 19.8 Å². The minimum absolute atomic E-state index is 0.249. The monoisotopic (exact) mass is 1100 g/mol. The van der Waals surface area contributed by atoms with Crippen molar-refractivity contribution in [2.75, 3.05) is 92.8 Å². The molecule has 4 aliphatic heterocycles. The number of ether oxygens (including phenoxy) is 3. The molecule has 0 aliphatic carbocycles. The lowest BCUT2D eigenvalue weighted by molar-refractivity contribution is 0.0636. The van der Waals surface area contributed by atoms with Gasteiger partial charge in [-0.3, -0.25) is 19.6 Å². The molecular weight excluding hydrogens is 1010 g/mol. The number of nitrogens with one attached hydrogen (secondary N) is 1. The van der Waals surface area contributed by atoms with Gasteiger partial charge in [0, 0.05) is 91.6 Å². The van der Waals surface area contributed by atoms with E-state index < -0.39 is 18.3 Å². The summed E-state index contributed by atoms with van der Waals surface area (Å²) in [6.45, 7) is 15.3. The zero-order valence-corrected chi connectivity index (χ0v) is 48.6. The summed E-state index contributed by atoms with van der Waals surface area (Å²) in [5.74, 6) is 3.09. The molecule has 6 aromatic rings. The summed E-state index contributed by atoms with van der Waals surface area (Å²) in [5.41, 5.74) is 14.8. The van der Waals surface area contributed by atoms with Gasteiger partial charge in [0.05, 0.1) is 0 Å². The zero-order chi connectivity index (χ0) is 55.9. The number of rotatable bonds is 26. The highest BCUT2D eigenvalue weighted by Crippen LogP contribution is 2.39. The van der Waals surface area contributed by atoms with Crippen LogP contribution in [-0.2, 0) is 58.5 Å². The predicted molar refractivity (Wildman–Crippen MR) is 324 cm³/mol. The van der Waals surface area contributed by atoms with Gasteiger partial charge in [-0.05, 0) is 169 Å². The second-order valence-corrected chi connectivity index (χ2v) is 24.0. The van der Waals surface area contributed by atoms with Crippen LogP contribution in [0.15, 0.2) is 133 Å². The van der Waals surface area contributed by atoms with E-state index in [1.54, 1.807) is 0 Å². The SMILES string of the molecule is CCCCNCc1cccc(OCC(O)CN2CCc3c(cccc3C3CCC(c4ccc5c(c4)CN(CC(O)COc4cccc(CN(C)C)c4)CC5)CN(Cc4cccc(OCC(O)CN5CCc6ccccc6C5)c4)C3)C2)c1. The third-order valence-corrected chi connectivity index (χ3v) is 17.0. The minimum atomic E-state index is -0.597. The number of fused-ring (bicyclic) bond motifs is 3. The van der Waals surface area contributed by atoms with Crippen LogP contribution in [-0.4, -0.2) is 151 Å². The van der Waals surface area contributed by atoms with Crippen molar-refractivity contribution in [1.29, 1.82) is 0 Å². The van der Waals surface area contributed by atoms with E-state index in [2.05, 4.69) is 154 Å². The Morgan fingerprint density at radius 3 is 1.73 bits per heavy atom. The number of hydrogen-bond donors (Lipinski definition) is 4. The van der Waals surface area contributed by atoms with E-state index in [9.17, 15) is 15.3 Å². The maximum absolute atomic E-state index is 11.3. The molecule has 1 saturated heterocycles. The first kappa shape index (κ1) is 58.6. The Hall–Kier alpha value is -5.64. The maximum atomic E-state index is 11.3. The Balaban J connectivity index is 0.799. The Labute approximate surface area is 483 Å². The Bertz CT molecular complexity index is 2930. The lowest BCUT2D eigenvalue weighted by atomic mass is 9.83. The molecule has 0 bridgehead atoms. The van der Waals surface area contributed by atoms with E-state index >= 15 is 0 Å². The highest BCUT2D eigenvalue weighted by atomic mass is 16.5. The molecule has 5 unspecified atom stereocenters. The molecule has 0 saturated carbocycles. The fourth-order valence-electron chi connectivity index (χ4n) is 12.9. The topological polar surface area (TPSA) is 117 Å². The summed E-state index contributed by atoms with van der Waals surface area (Å²) in [4.78, 5) is 11.9. The molecule has 12 nitrogen and oxygen atoms in total. The standard InChI is InChI=1S/C69H90N6O6/c1-4-5-29-70-37-51-12-8-18-65(33-51)79-48-64(78)47-74-32-28-69-59(42-74)17-11-21-68(69)60-25-24-58(56-23-22-55-27-31-73(44-61(55)36-56)46-63(77)50-80-66-19-9-13-52(34-66)38-71(2)3)41-75(43-60)39-53-14-10-20-67(35-53)81-49-62(76)45-72-30-26-54-15-6-7-16-57(54)40-72/h6-23,33-36,58,60,62-64,70,76-78H,4-5,24-32,37-50H2,1-3H3. The fraction of sp³-hybridized carbons (Fsp3) is 0.478. The van der Waals surface area contributed by atoms with Crippen LogP contribution in [0, 0.1) is 0 Å². The highest BCUT2D eigenvalue weighted by molar-refractivity contribution is 5.41. The Morgan fingerprint density at radius 2 is 1.06 bits per heavy atom. The van der Waals surface area contributed by atoms with E-state index in [1.165, 1.54) is 74.0 Å². The van der Waals surface area contributed by atoms with Crippen molar-refractivity contribution in [2.45, 2.75) is 121 Å². The largest absolute Gasteiger partial charge is 0.491 e. The first-order valence-electron chi connectivity index (χ1n) is 30.3. The molecule has 0 aromatic heterocycles. The number of nitrogens with zero attached hydrogens (tertiary/aromatic N) is 5. The van der Waals surface area contributed by atoms with Crippen LogP contribution in [0.4, 0.5) is 0 Å². The number of unbranched alkanes of at least 4 members (excludes halogenated alkanes) is 1. The minimum Gasteiger partial charge on any atom is -0.491 e. The molecule has 0 amide bonds. The van der Waals surface area contributed by atoms with Gasteiger partial charge >= 0.3 is 0 Å². The van der Waals surface area contributed by atoms with Crippen LogP contribution >= 0.6 is 0 Å². The molecule has 6 aromatic carbocycles. The summed E-state index contributed by atoms with van der Waals surface area (Å²) < 4.78 is 18.6. The summed E-state index contributed by atoms with van der Waals surface area (Å²) in [6, 6.07) is 47.8. The lowest BCUT2D eigenvalue weighted by Crippen LogP contribution is -2.39. The molecule has 0 spiro atoms. The normalized spacial score (nSPS) is 19.2. The van der Waals surface area contributed by atoms with Crippen molar-refractivity contribution in [3.05, 3.63) is 195 Å². The molecule has 81 heavy (non-hydrogen) atoms. The molecule has 4 N–H and O–H groups in total. The lowest BCUT2D eigenvalue weighted by Gasteiger charge is -2.33. The summed E-state index contributed by atoms with van der Waals surface area (Å²) in [7, 11) is 4.13. The van der Waals surface area contributed by atoms with Gasteiger partial charge in [0.15, 0.2) is 0 Å². The maximum Gasteiger partial charge on any atom is 0.119 e. The van der Waals surface area contributed by atoms with Crippen molar-refractivity contribution in [2.24, 2.45) is 0 Å². The van der Waals surface area contributed by atoms with Gasteiger partial charge in [-0.1, -0.05) is 110 Å². The molecule has 432 valence electrons. The van der Waals surface area contributed by atoms with Crippen molar-refractivity contribution < 1.29 is 29.5 Å². The zero-order valence-electron chi connectivity index (χ0n) is 48.6. The van der Waals surface area contributed by atoms with Gasteiger partial charge in [0.2, 0.25) is 0 Å². The van der Waals surface area contributed by atoms with Crippen LogP contribution in [0.2, 0.25) is 0 Å². The number of likely N-dealkylation sites (tertiary alicyclic amines) is 1. The van der Waals surface area contributed by atoms with Gasteiger partial charge in [-0.2, -0.15) is 0 Å². The molecule has 1 fully saturated rings. The number of β-amino-alcohol motifs (C(OH)–C–C–N with tert-alkyl or cyclic N) is 3. The van der Waals surface area contributed by atoms with Gasteiger partial charge in [0.25, 0.3) is 0 Å². The number of hydrogen-bond acceptors (Lipinski definition) is 12. The van der Waals surface area contributed by atoms with E-state index in [0.29, 0.717) is 31.5 Å². The third-order valence-electron chi connectivity index (χ3n) is 17.0. The van der Waals surface area contributed by atoms with Gasteiger partial charge in [-0.15, -0.1) is 0 Å². The summed E-state index contributed by atoms with van der Waals surface area (Å²) in [6.07, 6.45) is 5.65. The molecule has 12 heteroatoms. The van der Waals surface area contributed by atoms with Crippen molar-refractivity contribution in [3.63, 3.8) is 0 Å². The molecule has 10 rings (SSSR count). The first-order chi connectivity index (χ1) is 39.5. The molecular formula is C69H90N6O6. The number of aliphatic hydroxyl groups is 3. The van der Waals surface area contributed by atoms with Crippen LogP contribution in [0.25, 0.3) is 0 Å². The smallest absolute Gasteiger partial charge is 0.119 e. The van der Waals surface area contributed by atoms with Crippen molar-refractivity contribution in [3.8, 4) is 17.2 Å². The van der Waals surface area contributed by atoms with Gasteiger partial charge < -0.3 is 39.7 Å². The van der Waals surface area contributed by atoms with E-state index in [1.807, 2.05) is 30.3 Å². The average molecular weight is 1100 g/mol. The molecule has 5 atom stereocenters. The summed E-state index contributed by atoms with van der Waals surface area (Å²) in [5, 5.41) is 37.2. The second kappa shape index (κ2) is 29.1. The van der Waals surface area contributed by atoms with Gasteiger partial charge in [0.1, 0.15) is 55.4 Å². The molecule has 4 heterocycles. The Morgan fingerprint density at radius 1 is 0.531 bits per heavy atom. The number of aliphatic hydroxyl groups excluding tert-OH is 3. The predicted octanol–water partition coefficient (Wildman–Crippen LogP) is 9.20. The van der Waals surface area contributed by atoms with Crippen LogP contribution in [0.1, 0.15) is 106 Å². The van der Waals surface area contributed by atoms with Crippen LogP contribution < -0.4 is 19.5 Å². The van der Waals surface area contributed by atoms with Crippen LogP contribution in [0.5, 0.6) is 17.2 Å². The van der Waals surface area contributed by atoms with E-state index in [4.69, 9.17) is 14.2 Å². The fourth-order valence-corrected chi connectivity index (χ4v) is 12.9. The van der Waals surface area contributed by atoms with Crippen molar-refractivity contribution >= 4 is 0 Å². The number of benzene rings is 6. The third kappa shape index (κ3) is 17.0. The second-order valence-electron chi connectivity index (χ2n) is 24.0. The summed E-state index contributed by atoms with van der Waals surface area (Å²) >= 11 is 0. The van der Waals surface area contributed by atoms with E-state index in [0.717, 1.165) is 128 Å². The highest BCUT2D eigenvalue weighted by Gasteiger charge is 2.31. The quantitative estimate of drug-likeness (QED) is 0.0389. The average Bonchev–Trinajstić information content (AvgIpc) is 3.78. The molecule has 0 radical (unpaired) electrons.